The molecule has 0 saturated carbocycles. The minimum atomic E-state index is 0.145. The fourth-order valence-corrected chi connectivity index (χ4v) is 1.28. The van der Waals surface area contributed by atoms with Crippen LogP contribution in [-0.2, 0) is 4.74 Å². The average molecular weight is 174 g/mol. The van der Waals surface area contributed by atoms with Crippen LogP contribution in [0.25, 0.3) is 0 Å². The molecule has 0 aliphatic carbocycles. The molecule has 0 aromatic carbocycles. The highest BCUT2D eigenvalue weighted by Crippen LogP contribution is 2.10. The first-order chi connectivity index (χ1) is 5.85. The number of hydrogen-bond donors (Lipinski definition) is 1. The number of rotatable bonds is 8. The fraction of sp³-hybridized carbons (Fsp3) is 1.00. The van der Waals surface area contributed by atoms with Gasteiger partial charge < -0.3 is 9.84 Å². The van der Waals surface area contributed by atoms with Crippen LogP contribution in [0.15, 0.2) is 0 Å². The summed E-state index contributed by atoms with van der Waals surface area (Å²) in [7, 11) is 0. The average Bonchev–Trinajstić information content (AvgIpc) is 2.10. The van der Waals surface area contributed by atoms with Gasteiger partial charge in [-0.1, -0.05) is 33.1 Å². The molecule has 2 nitrogen and oxygen atoms in total. The Balaban J connectivity index is 3.40. The first kappa shape index (κ1) is 11.9. The van der Waals surface area contributed by atoms with Crippen molar-refractivity contribution in [3.63, 3.8) is 0 Å². The van der Waals surface area contributed by atoms with Crippen LogP contribution >= 0.6 is 0 Å². The van der Waals surface area contributed by atoms with E-state index in [2.05, 4.69) is 13.8 Å². The lowest BCUT2D eigenvalue weighted by molar-refractivity contribution is 0.0180. The Kier molecular flexibility index (Phi) is 8.95. The third-order valence-electron chi connectivity index (χ3n) is 1.94. The zero-order valence-electron chi connectivity index (χ0n) is 8.38. The Labute approximate surface area is 75.9 Å². The standard InChI is InChI=1S/C10H22O2/c1-3-5-7-10(6-4-2)12-9-8-11/h10-11H,3-9H2,1-2H3. The largest absolute Gasteiger partial charge is 0.394 e. The van der Waals surface area contributed by atoms with Gasteiger partial charge in [0, 0.05) is 0 Å². The number of aliphatic hydroxyl groups excluding tert-OH is 1. The Morgan fingerprint density at radius 2 is 1.92 bits per heavy atom. The van der Waals surface area contributed by atoms with Crippen molar-refractivity contribution in [1.29, 1.82) is 0 Å². The van der Waals surface area contributed by atoms with Gasteiger partial charge in [0.25, 0.3) is 0 Å². The molecular formula is C10H22O2. The summed E-state index contributed by atoms with van der Waals surface area (Å²) in [4.78, 5) is 0. The highest BCUT2D eigenvalue weighted by Gasteiger charge is 2.06. The van der Waals surface area contributed by atoms with Crippen LogP contribution in [0.2, 0.25) is 0 Å². The Morgan fingerprint density at radius 3 is 2.42 bits per heavy atom. The van der Waals surface area contributed by atoms with Crippen molar-refractivity contribution < 1.29 is 9.84 Å². The van der Waals surface area contributed by atoms with Gasteiger partial charge in [-0.15, -0.1) is 0 Å². The van der Waals surface area contributed by atoms with E-state index < -0.39 is 0 Å². The van der Waals surface area contributed by atoms with Gasteiger partial charge in [0.2, 0.25) is 0 Å². The molecule has 0 aliphatic heterocycles. The molecule has 0 radical (unpaired) electrons. The first-order valence-corrected chi connectivity index (χ1v) is 5.07. The van der Waals surface area contributed by atoms with Gasteiger partial charge in [0.05, 0.1) is 19.3 Å². The van der Waals surface area contributed by atoms with E-state index in [0.717, 1.165) is 12.8 Å². The van der Waals surface area contributed by atoms with Crippen LogP contribution in [0, 0.1) is 0 Å². The predicted molar refractivity (Wildman–Crippen MR) is 51.3 cm³/mol. The van der Waals surface area contributed by atoms with E-state index in [9.17, 15) is 0 Å². The summed E-state index contributed by atoms with van der Waals surface area (Å²) in [6, 6.07) is 0. The molecule has 0 aliphatic rings. The SMILES string of the molecule is CCCCC(CCC)OCCO. The molecule has 0 aromatic heterocycles. The third kappa shape index (κ3) is 6.62. The highest BCUT2D eigenvalue weighted by molar-refractivity contribution is 4.56. The van der Waals surface area contributed by atoms with Gasteiger partial charge in [-0.25, -0.2) is 0 Å². The maximum Gasteiger partial charge on any atom is 0.0701 e. The van der Waals surface area contributed by atoms with Gasteiger partial charge in [0.15, 0.2) is 0 Å². The van der Waals surface area contributed by atoms with E-state index in [-0.39, 0.29) is 6.61 Å². The molecule has 1 N–H and O–H groups in total. The van der Waals surface area contributed by atoms with Crippen molar-refractivity contribution >= 4 is 0 Å². The summed E-state index contributed by atoms with van der Waals surface area (Å²) >= 11 is 0. The summed E-state index contributed by atoms with van der Waals surface area (Å²) in [5, 5.41) is 8.58. The van der Waals surface area contributed by atoms with Crippen molar-refractivity contribution in [2.24, 2.45) is 0 Å². The second-order valence-electron chi connectivity index (χ2n) is 3.15. The van der Waals surface area contributed by atoms with E-state index in [1.807, 2.05) is 0 Å². The lowest BCUT2D eigenvalue weighted by Gasteiger charge is -2.15. The van der Waals surface area contributed by atoms with Gasteiger partial charge in [-0.3, -0.25) is 0 Å². The molecule has 12 heavy (non-hydrogen) atoms. The quantitative estimate of drug-likeness (QED) is 0.612. The molecule has 0 spiro atoms. The maximum absolute atomic E-state index is 8.58. The molecule has 0 rings (SSSR count). The zero-order valence-corrected chi connectivity index (χ0v) is 8.38. The number of unbranched alkanes of at least 4 members (excludes halogenated alkanes) is 1. The topological polar surface area (TPSA) is 29.5 Å². The first-order valence-electron chi connectivity index (χ1n) is 5.07. The van der Waals surface area contributed by atoms with Crippen LogP contribution in [0.1, 0.15) is 46.0 Å². The Bertz CT molecular complexity index is 75.9. The minimum absolute atomic E-state index is 0.145. The lowest BCUT2D eigenvalue weighted by Crippen LogP contribution is -2.15. The molecule has 0 heterocycles. The van der Waals surface area contributed by atoms with E-state index in [0.29, 0.717) is 12.7 Å². The summed E-state index contributed by atoms with van der Waals surface area (Å²) in [6.07, 6.45) is 6.27. The highest BCUT2D eigenvalue weighted by atomic mass is 16.5. The van der Waals surface area contributed by atoms with Crippen LogP contribution in [-0.4, -0.2) is 24.4 Å². The van der Waals surface area contributed by atoms with Crippen LogP contribution < -0.4 is 0 Å². The molecular weight excluding hydrogens is 152 g/mol. The van der Waals surface area contributed by atoms with Crippen molar-refractivity contribution in [3.8, 4) is 0 Å². The minimum Gasteiger partial charge on any atom is -0.394 e. The van der Waals surface area contributed by atoms with Crippen LogP contribution in [0.3, 0.4) is 0 Å². The zero-order chi connectivity index (χ0) is 9.23. The molecule has 0 bridgehead atoms. The van der Waals surface area contributed by atoms with Gasteiger partial charge in [-0.05, 0) is 12.8 Å². The maximum atomic E-state index is 8.58. The third-order valence-corrected chi connectivity index (χ3v) is 1.94. The van der Waals surface area contributed by atoms with Crippen LogP contribution in [0.4, 0.5) is 0 Å². The number of ether oxygens (including phenoxy) is 1. The van der Waals surface area contributed by atoms with Crippen molar-refractivity contribution in [2.45, 2.75) is 52.1 Å². The molecule has 1 unspecified atom stereocenters. The van der Waals surface area contributed by atoms with E-state index in [1.165, 1.54) is 19.3 Å². The van der Waals surface area contributed by atoms with Crippen molar-refractivity contribution in [1.82, 2.24) is 0 Å². The molecule has 1 atom stereocenters. The second kappa shape index (κ2) is 9.01. The summed E-state index contributed by atoms with van der Waals surface area (Å²) in [5.74, 6) is 0. The lowest BCUT2D eigenvalue weighted by atomic mass is 10.1. The van der Waals surface area contributed by atoms with Gasteiger partial charge in [0.1, 0.15) is 0 Å². The second-order valence-corrected chi connectivity index (χ2v) is 3.15. The normalized spacial score (nSPS) is 13.2. The van der Waals surface area contributed by atoms with E-state index in [4.69, 9.17) is 9.84 Å². The van der Waals surface area contributed by atoms with Gasteiger partial charge >= 0.3 is 0 Å². The molecule has 74 valence electrons. The molecule has 0 saturated heterocycles. The Hall–Kier alpha value is -0.0800. The monoisotopic (exact) mass is 174 g/mol. The van der Waals surface area contributed by atoms with Gasteiger partial charge in [-0.2, -0.15) is 0 Å². The molecule has 2 heteroatoms. The van der Waals surface area contributed by atoms with Crippen molar-refractivity contribution in [3.05, 3.63) is 0 Å². The number of aliphatic hydroxyl groups is 1. The summed E-state index contributed by atoms with van der Waals surface area (Å²) in [6.45, 7) is 5.00. The number of hydrogen-bond acceptors (Lipinski definition) is 2. The van der Waals surface area contributed by atoms with Crippen LogP contribution in [0.5, 0.6) is 0 Å². The molecule has 0 amide bonds. The Morgan fingerprint density at radius 1 is 1.17 bits per heavy atom. The smallest absolute Gasteiger partial charge is 0.0701 e. The molecule has 0 fully saturated rings. The fourth-order valence-electron chi connectivity index (χ4n) is 1.28. The molecule has 0 aromatic rings. The summed E-state index contributed by atoms with van der Waals surface area (Å²) in [5.41, 5.74) is 0. The van der Waals surface area contributed by atoms with Crippen molar-refractivity contribution in [2.75, 3.05) is 13.2 Å². The predicted octanol–water partition coefficient (Wildman–Crippen LogP) is 2.35. The van der Waals surface area contributed by atoms with E-state index >= 15 is 0 Å². The van der Waals surface area contributed by atoms with E-state index in [1.54, 1.807) is 0 Å². The summed E-state index contributed by atoms with van der Waals surface area (Å²) < 4.78 is 5.48.